The van der Waals surface area contributed by atoms with Gasteiger partial charge in [-0.2, -0.15) is 6.07 Å². The van der Waals surface area contributed by atoms with Crippen LogP contribution in [0.3, 0.4) is 0 Å². The number of hydrogen-bond donors (Lipinski definition) is 0. The molecule has 3 heterocycles. The van der Waals surface area contributed by atoms with Crippen molar-refractivity contribution >= 4 is 43.6 Å². The molecular formula is C55H52N4OPt. The van der Waals surface area contributed by atoms with Gasteiger partial charge in [0.2, 0.25) is 0 Å². The molecule has 0 saturated heterocycles. The molecule has 0 N–H and O–H groups in total. The molecule has 1 aliphatic rings. The fourth-order valence-electron chi connectivity index (χ4n) is 9.85. The Labute approximate surface area is 374 Å². The van der Waals surface area contributed by atoms with E-state index in [0.29, 0.717) is 11.5 Å². The second-order valence-corrected chi connectivity index (χ2v) is 20.2. The molecule has 0 unspecified atom stereocenters. The SMILES string of the molecule is CC(C)(C)c1cc(Oc2[c-]c3c(cc2)c2ccccc2n3-c2cc(C(C)(C)C)ccn2)[c-]c(-c2nc3ccccc3n2-c2cc3c4c(cccc4c2)C(C)(C)CC3(C)C)c1.[Pt+2]. The van der Waals surface area contributed by atoms with Gasteiger partial charge in [0.25, 0.3) is 0 Å². The summed E-state index contributed by atoms with van der Waals surface area (Å²) < 4.78 is 11.4. The van der Waals surface area contributed by atoms with E-state index in [1.54, 1.807) is 0 Å². The minimum absolute atomic E-state index is 0. The minimum atomic E-state index is -0.178. The van der Waals surface area contributed by atoms with Crippen LogP contribution in [-0.4, -0.2) is 19.1 Å². The van der Waals surface area contributed by atoms with Crippen molar-refractivity contribution in [1.82, 2.24) is 19.1 Å². The van der Waals surface area contributed by atoms with Crippen LogP contribution in [0.4, 0.5) is 0 Å². The number of imidazole rings is 1. The number of para-hydroxylation sites is 3. The third kappa shape index (κ3) is 6.90. The smallest absolute Gasteiger partial charge is 0.503 e. The summed E-state index contributed by atoms with van der Waals surface area (Å²) in [5.41, 5.74) is 11.0. The van der Waals surface area contributed by atoms with E-state index in [1.165, 1.54) is 27.5 Å². The van der Waals surface area contributed by atoms with E-state index in [-0.39, 0.29) is 42.7 Å². The number of ether oxygens (including phenoxy) is 1. The van der Waals surface area contributed by atoms with Crippen molar-refractivity contribution < 1.29 is 25.8 Å². The van der Waals surface area contributed by atoms with Crippen LogP contribution in [0.1, 0.15) is 97.9 Å². The van der Waals surface area contributed by atoms with Gasteiger partial charge in [0.1, 0.15) is 5.82 Å². The molecule has 0 radical (unpaired) electrons. The minimum Gasteiger partial charge on any atom is -0.503 e. The van der Waals surface area contributed by atoms with E-state index in [2.05, 4.69) is 200 Å². The second kappa shape index (κ2) is 14.3. The van der Waals surface area contributed by atoms with Crippen LogP contribution in [0.5, 0.6) is 11.5 Å². The Morgan fingerprint density at radius 3 is 2.11 bits per heavy atom. The molecule has 6 heteroatoms. The van der Waals surface area contributed by atoms with Crippen LogP contribution >= 0.6 is 0 Å². The number of nitrogens with zero attached hydrogens (tertiary/aromatic N) is 4. The Morgan fingerprint density at radius 1 is 0.623 bits per heavy atom. The maximum atomic E-state index is 6.85. The van der Waals surface area contributed by atoms with Gasteiger partial charge in [0, 0.05) is 28.9 Å². The predicted molar refractivity (Wildman–Crippen MR) is 248 cm³/mol. The summed E-state index contributed by atoms with van der Waals surface area (Å²) in [4.78, 5) is 10.2. The van der Waals surface area contributed by atoms with Crippen molar-refractivity contribution in [3.05, 3.63) is 156 Å². The van der Waals surface area contributed by atoms with E-state index in [1.807, 2.05) is 12.3 Å². The van der Waals surface area contributed by atoms with Gasteiger partial charge in [-0.25, -0.2) is 4.98 Å². The maximum Gasteiger partial charge on any atom is 2.00 e. The summed E-state index contributed by atoms with van der Waals surface area (Å²) >= 11 is 0. The molecule has 0 spiro atoms. The van der Waals surface area contributed by atoms with E-state index >= 15 is 0 Å². The number of pyridine rings is 1. The molecule has 0 amide bonds. The van der Waals surface area contributed by atoms with Crippen LogP contribution < -0.4 is 4.74 Å². The van der Waals surface area contributed by atoms with Gasteiger partial charge >= 0.3 is 21.1 Å². The van der Waals surface area contributed by atoms with Crippen LogP contribution in [0.15, 0.2) is 121 Å². The van der Waals surface area contributed by atoms with Gasteiger partial charge < -0.3 is 13.9 Å². The normalized spacial score (nSPS) is 14.8. The van der Waals surface area contributed by atoms with Gasteiger partial charge in [-0.15, -0.1) is 34.7 Å². The van der Waals surface area contributed by atoms with Crippen LogP contribution in [0, 0.1) is 12.1 Å². The Hall–Kier alpha value is -5.51. The van der Waals surface area contributed by atoms with E-state index in [4.69, 9.17) is 14.7 Å². The Balaban J connectivity index is 0.00000476. The second-order valence-electron chi connectivity index (χ2n) is 20.2. The monoisotopic (exact) mass is 979 g/mol. The van der Waals surface area contributed by atoms with Gasteiger partial charge in [0.05, 0.1) is 16.9 Å². The average Bonchev–Trinajstić information content (AvgIpc) is 3.75. The van der Waals surface area contributed by atoms with Gasteiger partial charge in [-0.05, 0) is 103 Å². The first-order valence-electron chi connectivity index (χ1n) is 21.2. The number of benzene rings is 6. The zero-order valence-electron chi connectivity index (χ0n) is 36.8. The molecular weight excluding hydrogens is 928 g/mol. The quantitative estimate of drug-likeness (QED) is 0.161. The Morgan fingerprint density at radius 2 is 1.34 bits per heavy atom. The summed E-state index contributed by atoms with van der Waals surface area (Å²) in [5.74, 6) is 2.91. The third-order valence-corrected chi connectivity index (χ3v) is 12.7. The first kappa shape index (κ1) is 40.9. The first-order chi connectivity index (χ1) is 28.5. The maximum absolute atomic E-state index is 6.85. The molecule has 0 atom stereocenters. The molecule has 0 bridgehead atoms. The zero-order chi connectivity index (χ0) is 41.9. The average molecular weight is 980 g/mol. The zero-order valence-corrected chi connectivity index (χ0v) is 39.0. The van der Waals surface area contributed by atoms with Crippen molar-refractivity contribution in [2.45, 2.75) is 97.3 Å². The molecule has 1 aliphatic carbocycles. The summed E-state index contributed by atoms with van der Waals surface area (Å²) in [7, 11) is 0. The van der Waals surface area contributed by atoms with E-state index < -0.39 is 0 Å². The van der Waals surface area contributed by atoms with Gasteiger partial charge in [0.15, 0.2) is 0 Å². The van der Waals surface area contributed by atoms with E-state index in [9.17, 15) is 0 Å². The molecule has 6 aromatic carbocycles. The van der Waals surface area contributed by atoms with Crippen LogP contribution in [-0.2, 0) is 42.7 Å². The molecule has 61 heavy (non-hydrogen) atoms. The van der Waals surface area contributed by atoms with E-state index in [0.717, 1.165) is 67.7 Å². The van der Waals surface area contributed by atoms with Crippen molar-refractivity contribution in [2.24, 2.45) is 0 Å². The summed E-state index contributed by atoms with van der Waals surface area (Å²) in [6.07, 6.45) is 2.98. The largest absolute Gasteiger partial charge is 2.00 e. The molecule has 3 aromatic heterocycles. The number of aromatic nitrogens is 4. The molecule has 10 rings (SSSR count). The Bertz CT molecular complexity index is 3190. The molecule has 308 valence electrons. The summed E-state index contributed by atoms with van der Waals surface area (Å²) in [6.45, 7) is 23.0. The molecule has 9 aromatic rings. The molecule has 0 fully saturated rings. The topological polar surface area (TPSA) is 44.9 Å². The summed E-state index contributed by atoms with van der Waals surface area (Å²) in [6, 6.07) is 48.7. The molecule has 0 aliphatic heterocycles. The van der Waals surface area contributed by atoms with Crippen LogP contribution in [0.2, 0.25) is 0 Å². The fraction of sp³-hybridized carbons (Fsp3) is 0.273. The fourth-order valence-corrected chi connectivity index (χ4v) is 9.85. The van der Waals surface area contributed by atoms with Gasteiger partial charge in [-0.3, -0.25) is 4.98 Å². The number of hydrogen-bond acceptors (Lipinski definition) is 3. The standard InChI is InChI=1S/C55H52N4O.Pt/c1-52(2,3)36-24-25-56-49(30-36)59-46-20-13-11-17-41(46)42-23-22-39(32-48(42)59)60-40-28-35(26-37(29-40)53(4,5)6)51-57-45-19-12-14-21-47(45)58(51)38-27-34-16-15-18-43-50(34)44(31-38)55(9,10)33-54(43,7)8;/h11-27,29-31H,33H2,1-10H3;/q-2;+2. The van der Waals surface area contributed by atoms with Crippen LogP contribution in [0.25, 0.3) is 66.5 Å². The number of rotatable bonds is 5. The summed E-state index contributed by atoms with van der Waals surface area (Å²) in [5, 5.41) is 4.88. The number of fused-ring (bicyclic) bond motifs is 4. The molecule has 5 nitrogen and oxygen atoms in total. The van der Waals surface area contributed by atoms with Crippen molar-refractivity contribution in [1.29, 1.82) is 0 Å². The predicted octanol–water partition coefficient (Wildman–Crippen LogP) is 14.3. The molecule has 0 saturated carbocycles. The third-order valence-electron chi connectivity index (χ3n) is 12.7. The Kier molecular flexibility index (Phi) is 9.57. The van der Waals surface area contributed by atoms with Crippen molar-refractivity contribution in [3.8, 4) is 34.4 Å². The first-order valence-corrected chi connectivity index (χ1v) is 21.2. The van der Waals surface area contributed by atoms with Gasteiger partial charge in [-0.1, -0.05) is 135 Å². The van der Waals surface area contributed by atoms with Crippen molar-refractivity contribution in [2.75, 3.05) is 0 Å². The van der Waals surface area contributed by atoms with Crippen molar-refractivity contribution in [3.63, 3.8) is 0 Å².